The highest BCUT2D eigenvalue weighted by atomic mass is 32.2. The molecule has 3 nitrogen and oxygen atoms in total. The lowest BCUT2D eigenvalue weighted by Gasteiger charge is -2.01. The predicted molar refractivity (Wildman–Crippen MR) is 69.5 cm³/mol. The molecule has 0 fully saturated rings. The van der Waals surface area contributed by atoms with Crippen LogP contribution in [0.25, 0.3) is 0 Å². The highest BCUT2D eigenvalue weighted by Gasteiger charge is 2.07. The van der Waals surface area contributed by atoms with Gasteiger partial charge in [-0.15, -0.1) is 0 Å². The quantitative estimate of drug-likeness (QED) is 0.651. The maximum atomic E-state index is 11.9. The van der Waals surface area contributed by atoms with Crippen LogP contribution in [-0.2, 0) is 6.42 Å². The van der Waals surface area contributed by atoms with Crippen molar-refractivity contribution in [2.24, 2.45) is 0 Å². The molecule has 4 heteroatoms. The van der Waals surface area contributed by atoms with E-state index in [4.69, 9.17) is 0 Å². The second-order valence-electron chi connectivity index (χ2n) is 3.66. The van der Waals surface area contributed by atoms with E-state index in [1.807, 2.05) is 24.3 Å². The van der Waals surface area contributed by atoms with Crippen molar-refractivity contribution in [3.05, 3.63) is 47.8 Å². The summed E-state index contributed by atoms with van der Waals surface area (Å²) in [5, 5.41) is 0.781. The van der Waals surface area contributed by atoms with Crippen molar-refractivity contribution in [1.29, 1.82) is 0 Å². The molecule has 0 aliphatic heterocycles. The van der Waals surface area contributed by atoms with E-state index in [0.717, 1.165) is 17.1 Å². The van der Waals surface area contributed by atoms with Crippen LogP contribution in [0, 0.1) is 0 Å². The van der Waals surface area contributed by atoms with Crippen LogP contribution in [0.2, 0.25) is 0 Å². The van der Waals surface area contributed by atoms with E-state index in [1.165, 1.54) is 17.3 Å². The Kier molecular flexibility index (Phi) is 3.98. The molecule has 1 aromatic heterocycles. The lowest BCUT2D eigenvalue weighted by molar-refractivity contribution is 0.102. The number of carbonyl (C=O) groups excluding carboxylic acids is 1. The van der Waals surface area contributed by atoms with Crippen molar-refractivity contribution in [2.45, 2.75) is 18.5 Å². The molecule has 0 spiro atoms. The molecule has 0 radical (unpaired) electrons. The number of thioether (sulfide) groups is 1. The molecular weight excluding hydrogens is 232 g/mol. The van der Waals surface area contributed by atoms with Crippen molar-refractivity contribution in [2.75, 3.05) is 5.75 Å². The average Bonchev–Trinajstić information content (AvgIpc) is 2.89. The summed E-state index contributed by atoms with van der Waals surface area (Å²) in [6.45, 7) is 2.10. The number of hydrogen-bond donors (Lipinski definition) is 1. The zero-order valence-electron chi connectivity index (χ0n) is 9.64. The van der Waals surface area contributed by atoms with Gasteiger partial charge in [0.1, 0.15) is 0 Å². The van der Waals surface area contributed by atoms with Crippen molar-refractivity contribution in [3.8, 4) is 0 Å². The molecule has 1 heterocycles. The van der Waals surface area contributed by atoms with Gasteiger partial charge in [0.05, 0.1) is 5.75 Å². The summed E-state index contributed by atoms with van der Waals surface area (Å²) in [5.41, 5.74) is 2.02. The van der Waals surface area contributed by atoms with Gasteiger partial charge in [-0.3, -0.25) is 4.79 Å². The van der Waals surface area contributed by atoms with Gasteiger partial charge >= 0.3 is 0 Å². The Labute approximate surface area is 105 Å². The molecule has 17 heavy (non-hydrogen) atoms. The van der Waals surface area contributed by atoms with Gasteiger partial charge in [-0.2, -0.15) is 0 Å². The van der Waals surface area contributed by atoms with Gasteiger partial charge in [0, 0.05) is 18.0 Å². The molecule has 2 aromatic rings. The van der Waals surface area contributed by atoms with Crippen LogP contribution >= 0.6 is 11.8 Å². The van der Waals surface area contributed by atoms with Crippen LogP contribution in [0.15, 0.2) is 41.8 Å². The standard InChI is InChI=1S/C13H14N2OS/c1-2-10-3-5-11(6-4-10)12(16)9-17-13-14-7-8-15-13/h3-8H,2,9H2,1H3,(H,14,15). The fourth-order valence-electron chi connectivity index (χ4n) is 1.47. The molecule has 0 atom stereocenters. The second-order valence-corrected chi connectivity index (χ2v) is 4.62. The van der Waals surface area contributed by atoms with E-state index in [0.29, 0.717) is 5.75 Å². The largest absolute Gasteiger partial charge is 0.340 e. The van der Waals surface area contributed by atoms with E-state index in [2.05, 4.69) is 16.9 Å². The van der Waals surface area contributed by atoms with E-state index < -0.39 is 0 Å². The van der Waals surface area contributed by atoms with Crippen molar-refractivity contribution >= 4 is 17.5 Å². The maximum Gasteiger partial charge on any atom is 0.173 e. The Morgan fingerprint density at radius 1 is 1.35 bits per heavy atom. The molecule has 0 bridgehead atoms. The fourth-order valence-corrected chi connectivity index (χ4v) is 2.19. The highest BCUT2D eigenvalue weighted by molar-refractivity contribution is 7.99. The molecule has 0 aliphatic carbocycles. The highest BCUT2D eigenvalue weighted by Crippen LogP contribution is 2.14. The molecule has 88 valence electrons. The number of aryl methyl sites for hydroxylation is 1. The van der Waals surface area contributed by atoms with Crippen LogP contribution in [0.3, 0.4) is 0 Å². The summed E-state index contributed by atoms with van der Waals surface area (Å²) in [6, 6.07) is 7.79. The maximum absolute atomic E-state index is 11.9. The van der Waals surface area contributed by atoms with Crippen LogP contribution in [-0.4, -0.2) is 21.5 Å². The van der Waals surface area contributed by atoms with Gasteiger partial charge in [0.25, 0.3) is 0 Å². The van der Waals surface area contributed by atoms with Crippen LogP contribution in [0.4, 0.5) is 0 Å². The minimum Gasteiger partial charge on any atom is -0.340 e. The zero-order chi connectivity index (χ0) is 12.1. The van der Waals surface area contributed by atoms with E-state index in [1.54, 1.807) is 12.4 Å². The minimum atomic E-state index is 0.133. The first-order chi connectivity index (χ1) is 8.29. The normalized spacial score (nSPS) is 10.4. The first-order valence-corrected chi connectivity index (χ1v) is 6.52. The molecule has 0 saturated heterocycles. The number of rotatable bonds is 5. The van der Waals surface area contributed by atoms with Gasteiger partial charge in [-0.05, 0) is 12.0 Å². The summed E-state index contributed by atoms with van der Waals surface area (Å²) < 4.78 is 0. The summed E-state index contributed by atoms with van der Waals surface area (Å²) in [4.78, 5) is 18.9. The molecule has 1 N–H and O–H groups in total. The van der Waals surface area contributed by atoms with Gasteiger partial charge < -0.3 is 4.98 Å². The molecule has 2 rings (SSSR count). The van der Waals surface area contributed by atoms with Crippen LogP contribution in [0.5, 0.6) is 0 Å². The number of hydrogen-bond acceptors (Lipinski definition) is 3. The molecule has 0 unspecified atom stereocenters. The third-order valence-corrected chi connectivity index (χ3v) is 3.40. The molecular formula is C13H14N2OS. The average molecular weight is 246 g/mol. The SMILES string of the molecule is CCc1ccc(C(=O)CSc2ncc[nH]2)cc1. The predicted octanol–water partition coefficient (Wildman–Crippen LogP) is 2.95. The van der Waals surface area contributed by atoms with E-state index in [9.17, 15) is 4.79 Å². The van der Waals surface area contributed by atoms with Gasteiger partial charge in [0.2, 0.25) is 0 Å². The molecule has 1 aromatic carbocycles. The van der Waals surface area contributed by atoms with Gasteiger partial charge in [-0.1, -0.05) is 43.0 Å². The number of aromatic nitrogens is 2. The van der Waals surface area contributed by atoms with Crippen LogP contribution in [0.1, 0.15) is 22.8 Å². The molecule has 0 amide bonds. The smallest absolute Gasteiger partial charge is 0.173 e. The lowest BCUT2D eigenvalue weighted by Crippen LogP contribution is -2.02. The van der Waals surface area contributed by atoms with Crippen molar-refractivity contribution < 1.29 is 4.79 Å². The summed E-state index contributed by atoms with van der Waals surface area (Å²) >= 11 is 1.42. The second kappa shape index (κ2) is 5.68. The summed E-state index contributed by atoms with van der Waals surface area (Å²) in [7, 11) is 0. The Balaban J connectivity index is 1.95. The van der Waals surface area contributed by atoms with Gasteiger partial charge in [0.15, 0.2) is 10.9 Å². The number of H-pyrrole nitrogens is 1. The van der Waals surface area contributed by atoms with Crippen molar-refractivity contribution in [1.82, 2.24) is 9.97 Å². The topological polar surface area (TPSA) is 45.8 Å². The number of imidazole rings is 1. The number of nitrogens with one attached hydrogen (secondary N) is 1. The third-order valence-electron chi connectivity index (χ3n) is 2.50. The summed E-state index contributed by atoms with van der Waals surface area (Å²) in [6.07, 6.45) is 4.43. The molecule has 0 aliphatic rings. The van der Waals surface area contributed by atoms with Crippen molar-refractivity contribution in [3.63, 3.8) is 0 Å². The summed E-state index contributed by atoms with van der Waals surface area (Å²) in [5.74, 6) is 0.549. The number of Topliss-reactive ketones (excluding diaryl/α,β-unsaturated/α-hetero) is 1. The monoisotopic (exact) mass is 246 g/mol. The molecule has 0 saturated carbocycles. The first kappa shape index (κ1) is 11.9. The number of carbonyl (C=O) groups is 1. The first-order valence-electron chi connectivity index (χ1n) is 5.54. The zero-order valence-corrected chi connectivity index (χ0v) is 10.5. The lowest BCUT2D eigenvalue weighted by atomic mass is 10.1. The van der Waals surface area contributed by atoms with Crippen LogP contribution < -0.4 is 0 Å². The Hall–Kier alpha value is -1.55. The third kappa shape index (κ3) is 3.20. The van der Waals surface area contributed by atoms with E-state index in [-0.39, 0.29) is 5.78 Å². The number of benzene rings is 1. The minimum absolute atomic E-state index is 0.133. The Bertz CT molecular complexity index is 477. The number of nitrogens with zero attached hydrogens (tertiary/aromatic N) is 1. The number of ketones is 1. The Morgan fingerprint density at radius 3 is 2.71 bits per heavy atom. The number of aromatic amines is 1. The van der Waals surface area contributed by atoms with E-state index >= 15 is 0 Å². The Morgan fingerprint density at radius 2 is 2.12 bits per heavy atom. The fraction of sp³-hybridized carbons (Fsp3) is 0.231. The van der Waals surface area contributed by atoms with Gasteiger partial charge in [-0.25, -0.2) is 4.98 Å².